The van der Waals surface area contributed by atoms with Crippen molar-refractivity contribution >= 4 is 28.2 Å². The number of aliphatic hydroxyl groups excluding tert-OH is 1. The zero-order valence-electron chi connectivity index (χ0n) is 14.6. The van der Waals surface area contributed by atoms with Crippen molar-refractivity contribution in [3.63, 3.8) is 0 Å². The number of ether oxygens (including phenoxy) is 2. The molecule has 0 amide bonds. The molecule has 1 aromatic carbocycles. The molecule has 0 spiro atoms. The number of hydrogen-bond donors (Lipinski definition) is 3. The SMILES string of the molecule is Cc1[nH]nc2cc(Nc3nc4cccc(O[C@H]5COC[C@H]5O)n4n3)ccc12. The summed E-state index contributed by atoms with van der Waals surface area (Å²) in [5.41, 5.74) is 3.38. The van der Waals surface area contributed by atoms with Crippen LogP contribution in [-0.4, -0.2) is 55.3 Å². The van der Waals surface area contributed by atoms with Crippen molar-refractivity contribution in [2.75, 3.05) is 18.5 Å². The van der Waals surface area contributed by atoms with E-state index in [1.165, 1.54) is 0 Å². The molecule has 9 nitrogen and oxygen atoms in total. The lowest BCUT2D eigenvalue weighted by atomic mass is 10.2. The highest BCUT2D eigenvalue weighted by molar-refractivity contribution is 5.84. The molecule has 27 heavy (non-hydrogen) atoms. The van der Waals surface area contributed by atoms with Gasteiger partial charge in [-0.05, 0) is 31.2 Å². The molecule has 0 bridgehead atoms. The van der Waals surface area contributed by atoms with Gasteiger partial charge in [-0.3, -0.25) is 5.10 Å². The van der Waals surface area contributed by atoms with Crippen LogP contribution in [0.25, 0.3) is 16.6 Å². The van der Waals surface area contributed by atoms with Crippen molar-refractivity contribution in [1.82, 2.24) is 24.8 Å². The van der Waals surface area contributed by atoms with Crippen molar-refractivity contribution < 1.29 is 14.6 Å². The van der Waals surface area contributed by atoms with Crippen LogP contribution in [0.3, 0.4) is 0 Å². The number of hydrogen-bond acceptors (Lipinski definition) is 7. The Morgan fingerprint density at radius 3 is 3.07 bits per heavy atom. The van der Waals surface area contributed by atoms with Gasteiger partial charge in [-0.2, -0.15) is 14.6 Å². The number of benzene rings is 1. The molecule has 0 aliphatic carbocycles. The quantitative estimate of drug-likeness (QED) is 0.505. The standard InChI is InChI=1S/C18H18N6O3/c1-10-12-6-5-11(7-13(12)22-21-10)19-18-20-16-3-2-4-17(24(16)23-18)27-15-9-26-8-14(15)25/h2-7,14-15,25H,8-9H2,1H3,(H,19,23)(H,21,22)/t14-,15+/m1/s1. The number of aromatic nitrogens is 5. The van der Waals surface area contributed by atoms with Crippen LogP contribution in [0, 0.1) is 6.92 Å². The molecule has 0 saturated carbocycles. The monoisotopic (exact) mass is 366 g/mol. The molecule has 3 aromatic heterocycles. The van der Waals surface area contributed by atoms with Crippen LogP contribution in [0.2, 0.25) is 0 Å². The van der Waals surface area contributed by atoms with E-state index >= 15 is 0 Å². The topological polar surface area (TPSA) is 110 Å². The molecular weight excluding hydrogens is 348 g/mol. The van der Waals surface area contributed by atoms with E-state index in [1.807, 2.05) is 37.3 Å². The molecule has 4 heterocycles. The zero-order chi connectivity index (χ0) is 18.4. The van der Waals surface area contributed by atoms with Gasteiger partial charge in [-0.15, -0.1) is 5.10 Å². The summed E-state index contributed by atoms with van der Waals surface area (Å²) in [4.78, 5) is 4.49. The van der Waals surface area contributed by atoms with Crippen molar-refractivity contribution in [3.05, 3.63) is 42.1 Å². The molecule has 9 heteroatoms. The number of rotatable bonds is 4. The second-order valence-electron chi connectivity index (χ2n) is 6.54. The highest BCUT2D eigenvalue weighted by atomic mass is 16.6. The van der Waals surface area contributed by atoms with E-state index in [2.05, 4.69) is 25.6 Å². The highest BCUT2D eigenvalue weighted by Crippen LogP contribution is 2.23. The molecule has 1 saturated heterocycles. The molecule has 1 aliphatic heterocycles. The number of fused-ring (bicyclic) bond motifs is 2. The minimum Gasteiger partial charge on any atom is -0.469 e. The molecule has 3 N–H and O–H groups in total. The molecule has 1 fully saturated rings. The molecule has 4 aromatic rings. The third kappa shape index (κ3) is 2.86. The molecule has 2 atom stereocenters. The van der Waals surface area contributed by atoms with E-state index in [9.17, 15) is 5.11 Å². The highest BCUT2D eigenvalue weighted by Gasteiger charge is 2.28. The van der Waals surface area contributed by atoms with Crippen LogP contribution < -0.4 is 10.1 Å². The van der Waals surface area contributed by atoms with E-state index in [0.717, 1.165) is 22.3 Å². The van der Waals surface area contributed by atoms with Crippen molar-refractivity contribution in [2.45, 2.75) is 19.1 Å². The number of anilines is 2. The van der Waals surface area contributed by atoms with Crippen molar-refractivity contribution in [2.24, 2.45) is 0 Å². The Bertz CT molecular complexity index is 1120. The second-order valence-corrected chi connectivity index (χ2v) is 6.54. The maximum atomic E-state index is 9.89. The lowest BCUT2D eigenvalue weighted by Crippen LogP contribution is -2.30. The van der Waals surface area contributed by atoms with Crippen LogP contribution >= 0.6 is 0 Å². The Labute approximate surface area is 153 Å². The predicted octanol–water partition coefficient (Wildman–Crippen LogP) is 1.80. The van der Waals surface area contributed by atoms with Gasteiger partial charge in [-0.25, -0.2) is 0 Å². The van der Waals surface area contributed by atoms with Crippen LogP contribution in [0.1, 0.15) is 5.69 Å². The second kappa shape index (κ2) is 6.22. The van der Waals surface area contributed by atoms with Crippen molar-refractivity contribution in [3.8, 4) is 5.88 Å². The number of H-pyrrole nitrogens is 1. The number of nitrogens with zero attached hydrogens (tertiary/aromatic N) is 4. The summed E-state index contributed by atoms with van der Waals surface area (Å²) in [5.74, 6) is 0.946. The average molecular weight is 366 g/mol. The van der Waals surface area contributed by atoms with Gasteiger partial charge in [0.05, 0.1) is 18.7 Å². The van der Waals surface area contributed by atoms with Gasteiger partial charge in [0.15, 0.2) is 11.8 Å². The largest absolute Gasteiger partial charge is 0.469 e. The summed E-state index contributed by atoms with van der Waals surface area (Å²) in [5, 5.41) is 25.9. The smallest absolute Gasteiger partial charge is 0.247 e. The fourth-order valence-corrected chi connectivity index (χ4v) is 3.17. The van der Waals surface area contributed by atoms with E-state index in [0.29, 0.717) is 24.1 Å². The van der Waals surface area contributed by atoms with Crippen molar-refractivity contribution in [1.29, 1.82) is 0 Å². The Hall–Kier alpha value is -3.17. The molecule has 0 unspecified atom stereocenters. The number of aryl methyl sites for hydroxylation is 1. The number of aliphatic hydroxyl groups is 1. The van der Waals surface area contributed by atoms with Gasteiger partial charge in [0, 0.05) is 22.8 Å². The summed E-state index contributed by atoms with van der Waals surface area (Å²) >= 11 is 0. The summed E-state index contributed by atoms with van der Waals surface area (Å²) in [6, 6.07) is 11.4. The first-order chi connectivity index (χ1) is 13.2. The number of pyridine rings is 1. The molecule has 138 valence electrons. The van der Waals surface area contributed by atoms with Gasteiger partial charge in [-0.1, -0.05) is 6.07 Å². The third-order valence-electron chi connectivity index (χ3n) is 4.60. The summed E-state index contributed by atoms with van der Waals surface area (Å²) in [7, 11) is 0. The van der Waals surface area contributed by atoms with Gasteiger partial charge >= 0.3 is 0 Å². The van der Waals surface area contributed by atoms with Gasteiger partial charge in [0.1, 0.15) is 6.10 Å². The zero-order valence-corrected chi connectivity index (χ0v) is 14.6. The number of aromatic amines is 1. The third-order valence-corrected chi connectivity index (χ3v) is 4.60. The van der Waals surface area contributed by atoms with E-state index in [1.54, 1.807) is 10.6 Å². The minimum atomic E-state index is -0.648. The normalized spacial score (nSPS) is 19.8. The van der Waals surface area contributed by atoms with Gasteiger partial charge < -0.3 is 19.9 Å². The Morgan fingerprint density at radius 2 is 2.22 bits per heavy atom. The average Bonchev–Trinajstić information content (AvgIpc) is 3.35. The Morgan fingerprint density at radius 1 is 1.30 bits per heavy atom. The summed E-state index contributed by atoms with van der Waals surface area (Å²) in [6.45, 7) is 2.61. The maximum Gasteiger partial charge on any atom is 0.247 e. The molecular formula is C18H18N6O3. The lowest BCUT2D eigenvalue weighted by molar-refractivity contribution is 0.0688. The fraction of sp³-hybridized carbons (Fsp3) is 0.278. The first kappa shape index (κ1) is 16.0. The van der Waals surface area contributed by atoms with Crippen LogP contribution in [0.15, 0.2) is 36.4 Å². The van der Waals surface area contributed by atoms with Crippen LogP contribution in [-0.2, 0) is 4.74 Å². The maximum absolute atomic E-state index is 9.89. The number of nitrogens with one attached hydrogen (secondary N) is 2. The fourth-order valence-electron chi connectivity index (χ4n) is 3.17. The Balaban J connectivity index is 1.44. The Kier molecular flexibility index (Phi) is 3.69. The lowest BCUT2D eigenvalue weighted by Gasteiger charge is -2.15. The van der Waals surface area contributed by atoms with E-state index in [4.69, 9.17) is 9.47 Å². The van der Waals surface area contributed by atoms with Gasteiger partial charge in [0.2, 0.25) is 11.8 Å². The first-order valence-electron chi connectivity index (χ1n) is 8.67. The predicted molar refractivity (Wildman–Crippen MR) is 98.3 cm³/mol. The minimum absolute atomic E-state index is 0.278. The summed E-state index contributed by atoms with van der Waals surface area (Å²) < 4.78 is 12.7. The van der Waals surface area contributed by atoms with Gasteiger partial charge in [0.25, 0.3) is 0 Å². The molecule has 5 rings (SSSR count). The first-order valence-corrected chi connectivity index (χ1v) is 8.67. The van der Waals surface area contributed by atoms with E-state index < -0.39 is 12.2 Å². The summed E-state index contributed by atoms with van der Waals surface area (Å²) in [6.07, 6.45) is -1.06. The van der Waals surface area contributed by atoms with Crippen LogP contribution in [0.5, 0.6) is 5.88 Å². The molecule has 1 aliphatic rings. The van der Waals surface area contributed by atoms with E-state index in [-0.39, 0.29) is 6.61 Å². The molecule has 0 radical (unpaired) electrons. The van der Waals surface area contributed by atoms with Crippen LogP contribution in [0.4, 0.5) is 11.6 Å².